The molecule has 1 fully saturated rings. The van der Waals surface area contributed by atoms with Gasteiger partial charge in [-0.25, -0.2) is 4.98 Å². The van der Waals surface area contributed by atoms with E-state index in [1.54, 1.807) is 9.80 Å². The van der Waals surface area contributed by atoms with Gasteiger partial charge in [0.1, 0.15) is 5.56 Å². The van der Waals surface area contributed by atoms with Gasteiger partial charge in [-0.3, -0.25) is 14.4 Å². The summed E-state index contributed by atoms with van der Waals surface area (Å²) in [7, 11) is 0. The Morgan fingerprint density at radius 2 is 1.77 bits per heavy atom. The van der Waals surface area contributed by atoms with Crippen LogP contribution in [0.3, 0.4) is 0 Å². The maximum atomic E-state index is 12.8. The van der Waals surface area contributed by atoms with E-state index in [1.165, 1.54) is 12.5 Å². The number of carbonyl (C=O) groups excluding carboxylic acids is 2. The van der Waals surface area contributed by atoms with Crippen LogP contribution in [0.5, 0.6) is 0 Å². The quantitative estimate of drug-likeness (QED) is 0.899. The Morgan fingerprint density at radius 3 is 2.50 bits per heavy atom. The zero-order valence-electron chi connectivity index (χ0n) is 14.7. The predicted molar refractivity (Wildman–Crippen MR) is 96.8 cm³/mol. The molecule has 3 rings (SSSR count). The van der Waals surface area contributed by atoms with Crippen LogP contribution in [0.2, 0.25) is 0 Å². The number of hydrogen-bond donors (Lipinski definition) is 1. The molecule has 26 heavy (non-hydrogen) atoms. The summed E-state index contributed by atoms with van der Waals surface area (Å²) in [4.78, 5) is 46.8. The molecular formula is C19H22N4O3. The summed E-state index contributed by atoms with van der Waals surface area (Å²) in [5.41, 5.74) is 0.571. The van der Waals surface area contributed by atoms with Gasteiger partial charge >= 0.3 is 0 Å². The first-order valence-corrected chi connectivity index (χ1v) is 8.73. The summed E-state index contributed by atoms with van der Waals surface area (Å²) >= 11 is 0. The molecule has 2 amide bonds. The van der Waals surface area contributed by atoms with E-state index in [0.29, 0.717) is 32.6 Å². The molecule has 7 heteroatoms. The molecule has 0 saturated carbocycles. The minimum Gasteiger partial charge on any atom is -0.340 e. The van der Waals surface area contributed by atoms with Crippen molar-refractivity contribution in [2.45, 2.75) is 19.3 Å². The van der Waals surface area contributed by atoms with Gasteiger partial charge in [0, 0.05) is 32.4 Å². The number of H-pyrrole nitrogens is 1. The first-order chi connectivity index (χ1) is 12.6. The van der Waals surface area contributed by atoms with E-state index in [0.717, 1.165) is 5.56 Å². The molecule has 136 valence electrons. The monoisotopic (exact) mass is 354 g/mol. The van der Waals surface area contributed by atoms with Crippen molar-refractivity contribution in [3.05, 3.63) is 64.3 Å². The fourth-order valence-electron chi connectivity index (χ4n) is 3.17. The highest BCUT2D eigenvalue weighted by Gasteiger charge is 2.27. The van der Waals surface area contributed by atoms with Crippen LogP contribution in [0.1, 0.15) is 35.2 Å². The molecule has 1 aliphatic heterocycles. The zero-order valence-corrected chi connectivity index (χ0v) is 14.7. The SMILES string of the molecule is CC(C(=O)N1CCCN(C(=O)c2cnc[nH]c2=O)CC1)c1ccccc1. The van der Waals surface area contributed by atoms with Crippen molar-refractivity contribution in [3.63, 3.8) is 0 Å². The number of rotatable bonds is 3. The van der Waals surface area contributed by atoms with Crippen molar-refractivity contribution < 1.29 is 9.59 Å². The molecule has 0 aliphatic carbocycles. The smallest absolute Gasteiger partial charge is 0.263 e. The van der Waals surface area contributed by atoms with Gasteiger partial charge in [-0.2, -0.15) is 0 Å². The number of hydrogen-bond acceptors (Lipinski definition) is 4. The first kappa shape index (κ1) is 17.8. The van der Waals surface area contributed by atoms with Gasteiger partial charge in [-0.05, 0) is 18.9 Å². The van der Waals surface area contributed by atoms with E-state index in [2.05, 4.69) is 9.97 Å². The molecule has 1 aromatic carbocycles. The molecule has 1 N–H and O–H groups in total. The second kappa shape index (κ2) is 7.95. The van der Waals surface area contributed by atoms with Crippen LogP contribution in [0, 0.1) is 0 Å². The van der Waals surface area contributed by atoms with E-state index < -0.39 is 5.56 Å². The Hall–Kier alpha value is -2.96. The van der Waals surface area contributed by atoms with E-state index in [-0.39, 0.29) is 23.3 Å². The lowest BCUT2D eigenvalue weighted by Crippen LogP contribution is -2.40. The summed E-state index contributed by atoms with van der Waals surface area (Å²) < 4.78 is 0. The fraction of sp³-hybridized carbons (Fsp3) is 0.368. The third-order valence-electron chi connectivity index (χ3n) is 4.71. The maximum Gasteiger partial charge on any atom is 0.263 e. The van der Waals surface area contributed by atoms with Crippen LogP contribution in [0.25, 0.3) is 0 Å². The Morgan fingerprint density at radius 1 is 1.08 bits per heavy atom. The van der Waals surface area contributed by atoms with Gasteiger partial charge in [-0.15, -0.1) is 0 Å². The lowest BCUT2D eigenvalue weighted by Gasteiger charge is -2.25. The third kappa shape index (κ3) is 3.82. The molecule has 1 aliphatic rings. The van der Waals surface area contributed by atoms with Crippen LogP contribution in [0.15, 0.2) is 47.7 Å². The van der Waals surface area contributed by atoms with Crippen molar-refractivity contribution in [1.82, 2.24) is 19.8 Å². The Balaban J connectivity index is 1.66. The second-order valence-corrected chi connectivity index (χ2v) is 6.40. The van der Waals surface area contributed by atoms with Crippen LogP contribution >= 0.6 is 0 Å². The van der Waals surface area contributed by atoms with Crippen LogP contribution in [-0.4, -0.2) is 57.8 Å². The van der Waals surface area contributed by atoms with Gasteiger partial charge in [0.05, 0.1) is 12.2 Å². The summed E-state index contributed by atoms with van der Waals surface area (Å²) in [6.45, 7) is 3.88. The van der Waals surface area contributed by atoms with Crippen molar-refractivity contribution in [2.24, 2.45) is 0 Å². The second-order valence-electron chi connectivity index (χ2n) is 6.40. The van der Waals surface area contributed by atoms with E-state index in [4.69, 9.17) is 0 Å². The van der Waals surface area contributed by atoms with Crippen LogP contribution < -0.4 is 5.56 Å². The number of carbonyl (C=O) groups is 2. The number of aromatic amines is 1. The average Bonchev–Trinajstić information content (AvgIpc) is 2.93. The number of nitrogens with one attached hydrogen (secondary N) is 1. The highest BCUT2D eigenvalue weighted by atomic mass is 16.2. The molecule has 2 aromatic rings. The number of amides is 2. The van der Waals surface area contributed by atoms with E-state index >= 15 is 0 Å². The summed E-state index contributed by atoms with van der Waals surface area (Å²) in [6.07, 6.45) is 3.22. The Bertz CT molecular complexity index is 834. The molecule has 1 unspecified atom stereocenters. The van der Waals surface area contributed by atoms with Crippen molar-refractivity contribution in [2.75, 3.05) is 26.2 Å². The normalized spacial score (nSPS) is 16.0. The van der Waals surface area contributed by atoms with E-state index in [1.807, 2.05) is 37.3 Å². The van der Waals surface area contributed by atoms with Gasteiger partial charge in [0.25, 0.3) is 11.5 Å². The largest absolute Gasteiger partial charge is 0.340 e. The van der Waals surface area contributed by atoms with Crippen molar-refractivity contribution in [3.8, 4) is 0 Å². The van der Waals surface area contributed by atoms with Crippen molar-refractivity contribution >= 4 is 11.8 Å². The lowest BCUT2D eigenvalue weighted by molar-refractivity contribution is -0.132. The predicted octanol–water partition coefficient (Wildman–Crippen LogP) is 1.25. The Kier molecular flexibility index (Phi) is 5.46. The highest BCUT2D eigenvalue weighted by molar-refractivity contribution is 5.93. The first-order valence-electron chi connectivity index (χ1n) is 8.73. The molecule has 7 nitrogen and oxygen atoms in total. The molecule has 0 radical (unpaired) electrons. The summed E-state index contributed by atoms with van der Waals surface area (Å²) in [6, 6.07) is 9.67. The number of benzene rings is 1. The number of nitrogens with zero attached hydrogens (tertiary/aromatic N) is 3. The highest BCUT2D eigenvalue weighted by Crippen LogP contribution is 2.19. The molecule has 1 aromatic heterocycles. The molecule has 0 bridgehead atoms. The molecule has 1 atom stereocenters. The molecule has 0 spiro atoms. The fourth-order valence-corrected chi connectivity index (χ4v) is 3.17. The van der Waals surface area contributed by atoms with Crippen LogP contribution in [0.4, 0.5) is 0 Å². The molecular weight excluding hydrogens is 332 g/mol. The number of aromatic nitrogens is 2. The van der Waals surface area contributed by atoms with Gasteiger partial charge in [0.15, 0.2) is 0 Å². The van der Waals surface area contributed by atoms with Gasteiger partial charge in [0.2, 0.25) is 5.91 Å². The van der Waals surface area contributed by atoms with Crippen molar-refractivity contribution in [1.29, 1.82) is 0 Å². The molecule has 1 saturated heterocycles. The topological polar surface area (TPSA) is 86.4 Å². The summed E-state index contributed by atoms with van der Waals surface area (Å²) in [5.74, 6) is -0.505. The van der Waals surface area contributed by atoms with Gasteiger partial charge < -0.3 is 14.8 Å². The van der Waals surface area contributed by atoms with Crippen LogP contribution in [-0.2, 0) is 4.79 Å². The standard InChI is InChI=1S/C19H22N4O3/c1-14(15-6-3-2-4-7-15)18(25)22-8-5-9-23(11-10-22)19(26)16-12-20-13-21-17(16)24/h2-4,6-7,12-14H,5,8-11H2,1H3,(H,20,21,24). The zero-order chi connectivity index (χ0) is 18.5. The summed E-state index contributed by atoms with van der Waals surface area (Å²) in [5, 5.41) is 0. The average molecular weight is 354 g/mol. The lowest BCUT2D eigenvalue weighted by atomic mass is 10.00. The Labute approximate surface area is 151 Å². The third-order valence-corrected chi connectivity index (χ3v) is 4.71. The minimum atomic E-state index is -0.445. The minimum absolute atomic E-state index is 0.0323. The van der Waals surface area contributed by atoms with E-state index in [9.17, 15) is 14.4 Å². The van der Waals surface area contributed by atoms with Gasteiger partial charge in [-0.1, -0.05) is 30.3 Å². The molecule has 2 heterocycles. The maximum absolute atomic E-state index is 12.8.